The van der Waals surface area contributed by atoms with Gasteiger partial charge in [0.1, 0.15) is 22.2 Å². The predicted molar refractivity (Wildman–Crippen MR) is 124 cm³/mol. The van der Waals surface area contributed by atoms with Crippen LogP contribution in [0.2, 0.25) is 0 Å². The molecule has 2 aromatic carbocycles. The Bertz CT molecular complexity index is 1250. The van der Waals surface area contributed by atoms with Crippen LogP contribution >= 0.6 is 11.3 Å². The number of hydrogen-bond acceptors (Lipinski definition) is 6. The van der Waals surface area contributed by atoms with Gasteiger partial charge in [0.2, 0.25) is 10.0 Å². The van der Waals surface area contributed by atoms with Gasteiger partial charge in [0, 0.05) is 37.1 Å². The van der Waals surface area contributed by atoms with E-state index in [0.29, 0.717) is 10.6 Å². The van der Waals surface area contributed by atoms with Crippen LogP contribution < -0.4 is 9.47 Å². The van der Waals surface area contributed by atoms with Gasteiger partial charge in [-0.15, -0.1) is 11.3 Å². The summed E-state index contributed by atoms with van der Waals surface area (Å²) in [5.41, 5.74) is 0.837. The number of ether oxygens (including phenoxy) is 2. The monoisotopic (exact) mass is 490 g/mol. The molecule has 1 aromatic heterocycles. The molecule has 2 heterocycles. The normalized spacial score (nSPS) is 14.8. The number of halogens is 1. The van der Waals surface area contributed by atoms with Gasteiger partial charge >= 0.3 is 0 Å². The van der Waals surface area contributed by atoms with E-state index in [1.165, 1.54) is 48.1 Å². The van der Waals surface area contributed by atoms with Crippen LogP contribution in [0, 0.1) is 5.82 Å². The lowest BCUT2D eigenvalue weighted by Gasteiger charge is -2.34. The number of carbonyl (C=O) groups excluding carboxylic acids is 1. The van der Waals surface area contributed by atoms with Gasteiger partial charge in [-0.25, -0.2) is 12.8 Å². The van der Waals surface area contributed by atoms with Crippen molar-refractivity contribution in [2.45, 2.75) is 4.90 Å². The highest BCUT2D eigenvalue weighted by molar-refractivity contribution is 7.89. The predicted octanol–water partition coefficient (Wildman–Crippen LogP) is 3.72. The maximum atomic E-state index is 13.2. The molecule has 3 aromatic rings. The first-order chi connectivity index (χ1) is 15.8. The van der Waals surface area contributed by atoms with Crippen LogP contribution in [0.4, 0.5) is 4.39 Å². The summed E-state index contributed by atoms with van der Waals surface area (Å²) in [5.74, 6) is 0.189. The molecule has 0 saturated carbocycles. The number of piperazine rings is 1. The van der Waals surface area contributed by atoms with E-state index in [1.54, 1.807) is 35.2 Å². The molecule has 1 amide bonds. The van der Waals surface area contributed by atoms with Gasteiger partial charge < -0.3 is 14.4 Å². The number of amides is 1. The SMILES string of the molecule is COc1ccc(OC)c(S(=O)(=O)N2CCN(C(=O)c3ccc(-c4ccc(F)cc4)s3)CC2)c1. The van der Waals surface area contributed by atoms with Crippen LogP contribution in [-0.2, 0) is 10.0 Å². The molecule has 174 valence electrons. The number of thiophene rings is 1. The summed E-state index contributed by atoms with van der Waals surface area (Å²) in [4.78, 5) is 16.1. The number of carbonyl (C=O) groups is 1. The molecule has 0 radical (unpaired) electrons. The van der Waals surface area contributed by atoms with Gasteiger partial charge in [0.15, 0.2) is 0 Å². The van der Waals surface area contributed by atoms with Crippen LogP contribution in [0.3, 0.4) is 0 Å². The summed E-state index contributed by atoms with van der Waals surface area (Å²) in [6, 6.07) is 14.3. The molecule has 10 heteroatoms. The molecular formula is C23H23FN2O5S2. The summed E-state index contributed by atoms with van der Waals surface area (Å²) in [6.45, 7) is 0.886. The fraction of sp³-hybridized carbons (Fsp3) is 0.261. The average molecular weight is 491 g/mol. The highest BCUT2D eigenvalue weighted by Crippen LogP contribution is 2.32. The molecule has 1 fully saturated rings. The topological polar surface area (TPSA) is 76.2 Å². The van der Waals surface area contributed by atoms with E-state index in [1.807, 2.05) is 6.07 Å². The summed E-state index contributed by atoms with van der Waals surface area (Å²) in [5, 5.41) is 0. The van der Waals surface area contributed by atoms with Gasteiger partial charge in [-0.2, -0.15) is 4.31 Å². The van der Waals surface area contributed by atoms with Gasteiger partial charge in [-0.3, -0.25) is 4.79 Å². The molecule has 0 bridgehead atoms. The Morgan fingerprint density at radius 2 is 1.64 bits per heavy atom. The van der Waals surface area contributed by atoms with E-state index < -0.39 is 10.0 Å². The fourth-order valence-corrected chi connectivity index (χ4v) is 6.21. The van der Waals surface area contributed by atoms with Gasteiger partial charge in [-0.05, 0) is 42.0 Å². The van der Waals surface area contributed by atoms with Crippen molar-refractivity contribution in [2.24, 2.45) is 0 Å². The minimum atomic E-state index is -3.82. The second kappa shape index (κ2) is 9.50. The van der Waals surface area contributed by atoms with E-state index in [9.17, 15) is 17.6 Å². The zero-order chi connectivity index (χ0) is 23.6. The van der Waals surface area contributed by atoms with Crippen molar-refractivity contribution in [3.05, 3.63) is 65.3 Å². The van der Waals surface area contributed by atoms with Crippen molar-refractivity contribution in [2.75, 3.05) is 40.4 Å². The maximum absolute atomic E-state index is 13.2. The Kier molecular flexibility index (Phi) is 6.68. The summed E-state index contributed by atoms with van der Waals surface area (Å²) < 4.78 is 51.4. The van der Waals surface area contributed by atoms with Gasteiger partial charge in [-0.1, -0.05) is 12.1 Å². The van der Waals surface area contributed by atoms with Crippen molar-refractivity contribution >= 4 is 27.3 Å². The van der Waals surface area contributed by atoms with E-state index >= 15 is 0 Å². The second-order valence-electron chi connectivity index (χ2n) is 7.38. The number of methoxy groups -OCH3 is 2. The molecule has 1 aliphatic rings. The first-order valence-corrected chi connectivity index (χ1v) is 12.5. The van der Waals surface area contributed by atoms with Gasteiger partial charge in [0.25, 0.3) is 5.91 Å². The molecule has 0 N–H and O–H groups in total. The van der Waals surface area contributed by atoms with Crippen molar-refractivity contribution in [3.8, 4) is 21.9 Å². The minimum absolute atomic E-state index is 0.0336. The summed E-state index contributed by atoms with van der Waals surface area (Å²) >= 11 is 1.33. The molecule has 0 atom stereocenters. The highest BCUT2D eigenvalue weighted by atomic mass is 32.2. The zero-order valence-electron chi connectivity index (χ0n) is 18.2. The number of benzene rings is 2. The molecule has 0 unspecified atom stereocenters. The van der Waals surface area contributed by atoms with Crippen molar-refractivity contribution in [3.63, 3.8) is 0 Å². The lowest BCUT2D eigenvalue weighted by atomic mass is 10.2. The maximum Gasteiger partial charge on any atom is 0.264 e. The molecule has 33 heavy (non-hydrogen) atoms. The van der Waals surface area contributed by atoms with Crippen molar-refractivity contribution in [1.29, 1.82) is 0 Å². The Balaban J connectivity index is 1.46. The van der Waals surface area contributed by atoms with E-state index in [2.05, 4.69) is 0 Å². The first-order valence-electron chi connectivity index (χ1n) is 10.2. The van der Waals surface area contributed by atoms with E-state index in [4.69, 9.17) is 9.47 Å². The Hall–Kier alpha value is -2.95. The molecule has 0 aliphatic carbocycles. The average Bonchev–Trinajstić information content (AvgIpc) is 3.34. The Morgan fingerprint density at radius 1 is 0.939 bits per heavy atom. The van der Waals surface area contributed by atoms with Crippen LogP contribution in [0.5, 0.6) is 11.5 Å². The quantitative estimate of drug-likeness (QED) is 0.527. The number of nitrogens with zero attached hydrogens (tertiary/aromatic N) is 2. The second-order valence-corrected chi connectivity index (χ2v) is 10.4. The molecule has 7 nitrogen and oxygen atoms in total. The number of hydrogen-bond donors (Lipinski definition) is 0. The van der Waals surface area contributed by atoms with E-state index in [-0.39, 0.29) is 48.5 Å². The molecule has 1 saturated heterocycles. The lowest BCUT2D eigenvalue weighted by molar-refractivity contribution is 0.0702. The molecule has 4 rings (SSSR count). The zero-order valence-corrected chi connectivity index (χ0v) is 19.8. The fourth-order valence-electron chi connectivity index (χ4n) is 3.63. The van der Waals surface area contributed by atoms with Crippen molar-refractivity contribution in [1.82, 2.24) is 9.21 Å². The third-order valence-electron chi connectivity index (χ3n) is 5.46. The van der Waals surface area contributed by atoms with Crippen LogP contribution in [0.15, 0.2) is 59.5 Å². The number of rotatable bonds is 6. The molecule has 0 spiro atoms. The van der Waals surface area contributed by atoms with Crippen LogP contribution in [0.1, 0.15) is 9.67 Å². The van der Waals surface area contributed by atoms with Crippen LogP contribution in [0.25, 0.3) is 10.4 Å². The highest BCUT2D eigenvalue weighted by Gasteiger charge is 2.33. The third-order valence-corrected chi connectivity index (χ3v) is 8.50. The smallest absolute Gasteiger partial charge is 0.264 e. The third kappa shape index (κ3) is 4.73. The van der Waals surface area contributed by atoms with E-state index in [0.717, 1.165) is 10.4 Å². The summed E-state index contributed by atoms with van der Waals surface area (Å²) in [6.07, 6.45) is 0. The Labute approximate surface area is 196 Å². The largest absolute Gasteiger partial charge is 0.497 e. The van der Waals surface area contributed by atoms with Crippen LogP contribution in [-0.4, -0.2) is 63.9 Å². The first kappa shape index (κ1) is 23.2. The standard InChI is InChI=1S/C23H23FN2O5S2/c1-30-18-7-8-19(31-2)22(15-18)33(28,29)26-13-11-25(12-14-26)23(27)21-10-9-20(32-21)16-3-5-17(24)6-4-16/h3-10,15H,11-14H2,1-2H3. The molecular weight excluding hydrogens is 467 g/mol. The van der Waals surface area contributed by atoms with Crippen molar-refractivity contribution < 1.29 is 27.1 Å². The number of sulfonamides is 1. The Morgan fingerprint density at radius 3 is 2.27 bits per heavy atom. The minimum Gasteiger partial charge on any atom is -0.497 e. The molecule has 1 aliphatic heterocycles. The van der Waals surface area contributed by atoms with Gasteiger partial charge in [0.05, 0.1) is 19.1 Å². The lowest BCUT2D eigenvalue weighted by Crippen LogP contribution is -2.50. The summed E-state index contributed by atoms with van der Waals surface area (Å²) in [7, 11) is -0.942.